The summed E-state index contributed by atoms with van der Waals surface area (Å²) in [5, 5.41) is 15.6. The lowest BCUT2D eigenvalue weighted by Crippen LogP contribution is -2.33. The molecule has 0 unspecified atom stereocenters. The van der Waals surface area contributed by atoms with Crippen LogP contribution in [0.4, 0.5) is 23.1 Å². The highest BCUT2D eigenvalue weighted by atomic mass is 32.2. The summed E-state index contributed by atoms with van der Waals surface area (Å²) in [7, 11) is 0. The van der Waals surface area contributed by atoms with Crippen LogP contribution in [0.1, 0.15) is 16.1 Å². The number of rotatable bonds is 6. The van der Waals surface area contributed by atoms with Crippen LogP contribution in [0.5, 0.6) is 0 Å². The molecule has 2 aromatic carbocycles. The normalized spacial score (nSPS) is 13.8. The second-order valence-corrected chi connectivity index (χ2v) is 8.73. The molecule has 5 rings (SSSR count). The SMILES string of the molecule is O=C(c1ccccc1)c1[nH]c2ccccc2c1Nc1nc(N2CCSCC2)ncc1[N+](=O)[O-]. The monoisotopic (exact) mass is 460 g/mol. The number of H-pyrrole nitrogens is 1. The molecule has 0 bridgehead atoms. The van der Waals surface area contributed by atoms with Crippen LogP contribution in [-0.4, -0.2) is 50.3 Å². The minimum absolute atomic E-state index is 0.0510. The number of hydrogen-bond donors (Lipinski definition) is 2. The number of aromatic amines is 1. The van der Waals surface area contributed by atoms with E-state index in [0.717, 1.165) is 35.5 Å². The third-order valence-electron chi connectivity index (χ3n) is 5.46. The molecule has 3 heterocycles. The number of nitrogens with one attached hydrogen (secondary N) is 2. The Labute approximate surface area is 193 Å². The first-order valence-corrected chi connectivity index (χ1v) is 11.6. The van der Waals surface area contributed by atoms with E-state index in [0.29, 0.717) is 22.9 Å². The molecular formula is C23H20N6O3S. The maximum Gasteiger partial charge on any atom is 0.329 e. The van der Waals surface area contributed by atoms with Crippen molar-refractivity contribution in [3.05, 3.63) is 82.2 Å². The Balaban J connectivity index is 1.61. The molecule has 0 atom stereocenters. The molecule has 0 spiro atoms. The van der Waals surface area contributed by atoms with E-state index in [2.05, 4.69) is 20.3 Å². The second-order valence-electron chi connectivity index (χ2n) is 7.50. The minimum Gasteiger partial charge on any atom is -0.350 e. The highest BCUT2D eigenvalue weighted by Crippen LogP contribution is 2.35. The predicted octanol–water partition coefficient (Wildman–Crippen LogP) is 4.39. The Bertz CT molecular complexity index is 1330. The van der Waals surface area contributed by atoms with Gasteiger partial charge in [-0.2, -0.15) is 16.7 Å². The molecule has 166 valence electrons. The highest BCUT2D eigenvalue weighted by molar-refractivity contribution is 7.99. The van der Waals surface area contributed by atoms with Crippen LogP contribution in [0.15, 0.2) is 60.8 Å². The van der Waals surface area contributed by atoms with Crippen LogP contribution in [-0.2, 0) is 0 Å². The number of fused-ring (bicyclic) bond motifs is 1. The molecule has 0 aliphatic carbocycles. The molecule has 1 aliphatic heterocycles. The van der Waals surface area contributed by atoms with Gasteiger partial charge in [0.1, 0.15) is 11.9 Å². The fourth-order valence-electron chi connectivity index (χ4n) is 3.80. The van der Waals surface area contributed by atoms with E-state index >= 15 is 0 Å². The summed E-state index contributed by atoms with van der Waals surface area (Å²) in [5.74, 6) is 2.15. The summed E-state index contributed by atoms with van der Waals surface area (Å²) >= 11 is 1.85. The Hall–Kier alpha value is -3.92. The van der Waals surface area contributed by atoms with Gasteiger partial charge in [0.25, 0.3) is 0 Å². The number of carbonyl (C=O) groups excluding carboxylic acids is 1. The van der Waals surface area contributed by atoms with Crippen LogP contribution in [0.25, 0.3) is 10.9 Å². The molecule has 2 N–H and O–H groups in total. The summed E-state index contributed by atoms with van der Waals surface area (Å²) < 4.78 is 0. The van der Waals surface area contributed by atoms with Gasteiger partial charge in [-0.05, 0) is 6.07 Å². The molecule has 1 saturated heterocycles. The molecule has 0 amide bonds. The number of hydrogen-bond acceptors (Lipinski definition) is 8. The quantitative estimate of drug-likeness (QED) is 0.247. The first kappa shape index (κ1) is 21.0. The number of anilines is 3. The number of aromatic nitrogens is 3. The zero-order chi connectivity index (χ0) is 22.8. The van der Waals surface area contributed by atoms with Gasteiger partial charge in [-0.15, -0.1) is 0 Å². The molecule has 1 aliphatic rings. The van der Waals surface area contributed by atoms with Crippen molar-refractivity contribution in [2.24, 2.45) is 0 Å². The van der Waals surface area contributed by atoms with Crippen molar-refractivity contribution in [2.75, 3.05) is 34.8 Å². The lowest BCUT2D eigenvalue weighted by atomic mass is 10.1. The van der Waals surface area contributed by atoms with Gasteiger partial charge in [0, 0.05) is 41.1 Å². The van der Waals surface area contributed by atoms with Gasteiger partial charge >= 0.3 is 5.69 Å². The lowest BCUT2D eigenvalue weighted by molar-refractivity contribution is -0.384. The summed E-state index contributed by atoms with van der Waals surface area (Å²) in [6, 6.07) is 16.3. The van der Waals surface area contributed by atoms with E-state index < -0.39 is 4.92 Å². The molecular weight excluding hydrogens is 440 g/mol. The summed E-state index contributed by atoms with van der Waals surface area (Å²) in [4.78, 5) is 38.4. The number of benzene rings is 2. The van der Waals surface area contributed by atoms with Gasteiger partial charge < -0.3 is 15.2 Å². The molecule has 4 aromatic rings. The number of nitro groups is 1. The Morgan fingerprint density at radius 2 is 1.82 bits per heavy atom. The molecule has 1 fully saturated rings. The average molecular weight is 461 g/mol. The van der Waals surface area contributed by atoms with E-state index in [4.69, 9.17) is 0 Å². The largest absolute Gasteiger partial charge is 0.350 e. The third kappa shape index (κ3) is 4.12. The van der Waals surface area contributed by atoms with Crippen molar-refractivity contribution in [3.63, 3.8) is 0 Å². The van der Waals surface area contributed by atoms with Crippen molar-refractivity contribution in [1.82, 2.24) is 15.0 Å². The standard InChI is InChI=1S/C23H20N6O3S/c30-21(15-6-2-1-3-7-15)20-19(16-8-4-5-9-17(16)25-20)26-22-18(29(31)32)14-24-23(27-22)28-10-12-33-13-11-28/h1-9,14,25H,10-13H2,(H,24,26,27). The van der Waals surface area contributed by atoms with Crippen LogP contribution in [0, 0.1) is 10.1 Å². The van der Waals surface area contributed by atoms with Crippen molar-refractivity contribution in [2.45, 2.75) is 0 Å². The lowest BCUT2D eigenvalue weighted by Gasteiger charge is -2.26. The van der Waals surface area contributed by atoms with Crippen molar-refractivity contribution < 1.29 is 9.72 Å². The van der Waals surface area contributed by atoms with Gasteiger partial charge in [-0.1, -0.05) is 48.5 Å². The molecule has 9 nitrogen and oxygen atoms in total. The van der Waals surface area contributed by atoms with Crippen molar-refractivity contribution in [3.8, 4) is 0 Å². The van der Waals surface area contributed by atoms with E-state index in [1.165, 1.54) is 6.20 Å². The fraction of sp³-hybridized carbons (Fsp3) is 0.174. The van der Waals surface area contributed by atoms with Crippen LogP contribution in [0.2, 0.25) is 0 Å². The number of para-hydroxylation sites is 1. The topological polar surface area (TPSA) is 117 Å². The molecule has 33 heavy (non-hydrogen) atoms. The van der Waals surface area contributed by atoms with Crippen LogP contribution in [0.3, 0.4) is 0 Å². The first-order chi connectivity index (χ1) is 16.1. The number of thioether (sulfide) groups is 1. The third-order valence-corrected chi connectivity index (χ3v) is 6.40. The average Bonchev–Trinajstić information content (AvgIpc) is 3.23. The van der Waals surface area contributed by atoms with Gasteiger partial charge in [0.15, 0.2) is 0 Å². The molecule has 10 heteroatoms. The molecule has 2 aromatic heterocycles. The maximum atomic E-state index is 13.3. The minimum atomic E-state index is -0.522. The van der Waals surface area contributed by atoms with E-state index in [1.807, 2.05) is 47.0 Å². The van der Waals surface area contributed by atoms with Crippen LogP contribution < -0.4 is 10.2 Å². The van der Waals surface area contributed by atoms with Gasteiger partial charge in [-0.25, -0.2) is 4.98 Å². The molecule has 0 saturated carbocycles. The Morgan fingerprint density at radius 1 is 1.09 bits per heavy atom. The zero-order valence-electron chi connectivity index (χ0n) is 17.5. The second kappa shape index (κ2) is 8.91. The van der Waals surface area contributed by atoms with E-state index in [1.54, 1.807) is 24.3 Å². The highest BCUT2D eigenvalue weighted by Gasteiger charge is 2.25. The zero-order valence-corrected chi connectivity index (χ0v) is 18.3. The fourth-order valence-corrected chi connectivity index (χ4v) is 4.70. The van der Waals surface area contributed by atoms with E-state index in [9.17, 15) is 14.9 Å². The smallest absolute Gasteiger partial charge is 0.329 e. The summed E-state index contributed by atoms with van der Waals surface area (Å²) in [6.07, 6.45) is 1.22. The summed E-state index contributed by atoms with van der Waals surface area (Å²) in [6.45, 7) is 1.54. The Morgan fingerprint density at radius 3 is 2.58 bits per heavy atom. The number of ketones is 1. The molecule has 0 radical (unpaired) electrons. The van der Waals surface area contributed by atoms with Gasteiger partial charge in [0.05, 0.1) is 10.6 Å². The van der Waals surface area contributed by atoms with Gasteiger partial charge in [0.2, 0.25) is 17.5 Å². The number of nitrogens with zero attached hydrogens (tertiary/aromatic N) is 4. The van der Waals surface area contributed by atoms with Crippen molar-refractivity contribution >= 4 is 51.6 Å². The predicted molar refractivity (Wildman–Crippen MR) is 130 cm³/mol. The van der Waals surface area contributed by atoms with Crippen LogP contribution >= 0.6 is 11.8 Å². The summed E-state index contributed by atoms with van der Waals surface area (Å²) in [5.41, 5.74) is 1.75. The number of carbonyl (C=O) groups is 1. The maximum absolute atomic E-state index is 13.3. The van der Waals surface area contributed by atoms with Gasteiger partial charge in [-0.3, -0.25) is 14.9 Å². The van der Waals surface area contributed by atoms with Crippen molar-refractivity contribution in [1.29, 1.82) is 0 Å². The Kier molecular flexibility index (Phi) is 5.66. The first-order valence-electron chi connectivity index (χ1n) is 10.4. The van der Waals surface area contributed by atoms with E-state index in [-0.39, 0.29) is 17.3 Å².